The first-order valence-electron chi connectivity index (χ1n) is 6.41. The summed E-state index contributed by atoms with van der Waals surface area (Å²) in [7, 11) is 0. The highest BCUT2D eigenvalue weighted by Gasteiger charge is 2.19. The number of para-hydroxylation sites is 1. The number of carboxylic acids is 1. The lowest BCUT2D eigenvalue weighted by molar-refractivity contribution is -0.138. The molecule has 0 aliphatic carbocycles. The number of hydrogen-bond acceptors (Lipinski definition) is 3. The molecule has 1 aromatic heterocycles. The molecule has 0 saturated heterocycles. The Morgan fingerprint density at radius 1 is 1.32 bits per heavy atom. The first-order chi connectivity index (χ1) is 9.08. The largest absolute Gasteiger partial charge is 0.480 e. The minimum absolute atomic E-state index is 0.321. The van der Waals surface area contributed by atoms with Crippen molar-refractivity contribution in [1.29, 1.82) is 0 Å². The second kappa shape index (κ2) is 5.69. The number of nitrogens with zero attached hydrogens (tertiary/aromatic N) is 1. The molecule has 0 unspecified atom stereocenters. The Kier molecular flexibility index (Phi) is 4.00. The molecule has 0 radical (unpaired) electrons. The van der Waals surface area contributed by atoms with E-state index in [9.17, 15) is 9.90 Å². The molecule has 1 atom stereocenters. The molecule has 2 N–H and O–H groups in total. The molecular formula is C15H18N2O2. The van der Waals surface area contributed by atoms with E-state index >= 15 is 0 Å². The number of aromatic nitrogens is 1. The predicted molar refractivity (Wildman–Crippen MR) is 76.2 cm³/mol. The van der Waals surface area contributed by atoms with Crippen LogP contribution in [-0.4, -0.2) is 22.1 Å². The molecule has 2 aromatic rings. The average molecular weight is 258 g/mol. The molecule has 100 valence electrons. The second-order valence-electron chi connectivity index (χ2n) is 5.04. The predicted octanol–water partition coefficient (Wildman–Crippen LogP) is 3.15. The number of anilines is 1. The van der Waals surface area contributed by atoms with Gasteiger partial charge in [-0.05, 0) is 24.5 Å². The van der Waals surface area contributed by atoms with E-state index in [1.54, 1.807) is 6.20 Å². The topological polar surface area (TPSA) is 62.2 Å². The van der Waals surface area contributed by atoms with Gasteiger partial charge in [0.1, 0.15) is 6.04 Å². The second-order valence-corrected chi connectivity index (χ2v) is 5.04. The molecule has 2 rings (SSSR count). The van der Waals surface area contributed by atoms with Crippen molar-refractivity contribution in [3.8, 4) is 0 Å². The number of nitrogens with one attached hydrogen (secondary N) is 1. The van der Waals surface area contributed by atoms with Crippen LogP contribution in [0, 0.1) is 5.92 Å². The molecule has 1 heterocycles. The molecule has 0 aliphatic rings. The lowest BCUT2D eigenvalue weighted by atomic mass is 10.0. The van der Waals surface area contributed by atoms with Gasteiger partial charge in [-0.3, -0.25) is 4.98 Å². The van der Waals surface area contributed by atoms with E-state index in [0.717, 1.165) is 16.6 Å². The zero-order valence-corrected chi connectivity index (χ0v) is 11.1. The molecule has 0 fully saturated rings. The van der Waals surface area contributed by atoms with Crippen LogP contribution >= 0.6 is 0 Å². The summed E-state index contributed by atoms with van der Waals surface area (Å²) in [6, 6.07) is 8.94. The first-order valence-corrected chi connectivity index (χ1v) is 6.41. The Labute approximate surface area is 112 Å². The third-order valence-electron chi connectivity index (χ3n) is 2.98. The number of fused-ring (bicyclic) bond motifs is 1. The number of aliphatic carboxylic acids is 1. The van der Waals surface area contributed by atoms with E-state index in [0.29, 0.717) is 12.3 Å². The van der Waals surface area contributed by atoms with Gasteiger partial charge in [0, 0.05) is 17.3 Å². The van der Waals surface area contributed by atoms with Crippen LogP contribution in [0.25, 0.3) is 10.9 Å². The average Bonchev–Trinajstić information content (AvgIpc) is 2.37. The maximum absolute atomic E-state index is 11.3. The number of carbonyl (C=O) groups is 1. The summed E-state index contributed by atoms with van der Waals surface area (Å²) in [6.07, 6.45) is 2.28. The Bertz CT molecular complexity index is 576. The fraction of sp³-hybridized carbons (Fsp3) is 0.333. The van der Waals surface area contributed by atoms with E-state index < -0.39 is 12.0 Å². The number of pyridine rings is 1. The molecule has 4 nitrogen and oxygen atoms in total. The first kappa shape index (κ1) is 13.3. The van der Waals surface area contributed by atoms with Crippen molar-refractivity contribution in [1.82, 2.24) is 4.98 Å². The van der Waals surface area contributed by atoms with Crippen molar-refractivity contribution in [3.05, 3.63) is 36.5 Å². The van der Waals surface area contributed by atoms with Crippen LogP contribution in [0.4, 0.5) is 5.69 Å². The summed E-state index contributed by atoms with van der Waals surface area (Å²) in [5, 5.41) is 13.3. The van der Waals surface area contributed by atoms with Crippen molar-refractivity contribution in [3.63, 3.8) is 0 Å². The third-order valence-corrected chi connectivity index (χ3v) is 2.98. The molecule has 19 heavy (non-hydrogen) atoms. The molecule has 1 aromatic carbocycles. The maximum Gasteiger partial charge on any atom is 0.326 e. The zero-order chi connectivity index (χ0) is 13.8. The molecule has 0 aliphatic heterocycles. The molecule has 0 saturated carbocycles. The number of benzene rings is 1. The standard InChI is InChI=1S/C15H18N2O2/c1-10(2)9-14(15(18)19)17-13-7-8-16-12-6-4-3-5-11(12)13/h3-8,10,14H,9H2,1-2H3,(H,16,17)(H,18,19)/t14-/m1/s1. The quantitative estimate of drug-likeness (QED) is 0.864. The highest BCUT2D eigenvalue weighted by atomic mass is 16.4. The van der Waals surface area contributed by atoms with Gasteiger partial charge in [0.25, 0.3) is 0 Å². The number of hydrogen-bond donors (Lipinski definition) is 2. The van der Waals surface area contributed by atoms with Crippen molar-refractivity contribution >= 4 is 22.6 Å². The monoisotopic (exact) mass is 258 g/mol. The molecular weight excluding hydrogens is 240 g/mol. The van der Waals surface area contributed by atoms with E-state index in [4.69, 9.17) is 0 Å². The SMILES string of the molecule is CC(C)C[C@@H](Nc1ccnc2ccccc12)C(=O)O. The van der Waals surface area contributed by atoms with Crippen LogP contribution in [0.2, 0.25) is 0 Å². The Morgan fingerprint density at radius 2 is 2.05 bits per heavy atom. The van der Waals surface area contributed by atoms with E-state index in [2.05, 4.69) is 10.3 Å². The molecule has 0 amide bonds. The highest BCUT2D eigenvalue weighted by molar-refractivity contribution is 5.92. The van der Waals surface area contributed by atoms with Gasteiger partial charge in [0.2, 0.25) is 0 Å². The minimum Gasteiger partial charge on any atom is -0.480 e. The molecule has 0 spiro atoms. The van der Waals surface area contributed by atoms with E-state index in [1.807, 2.05) is 44.2 Å². The zero-order valence-electron chi connectivity index (χ0n) is 11.1. The van der Waals surface area contributed by atoms with Gasteiger partial charge in [-0.2, -0.15) is 0 Å². The Hall–Kier alpha value is -2.10. The van der Waals surface area contributed by atoms with Gasteiger partial charge < -0.3 is 10.4 Å². The lowest BCUT2D eigenvalue weighted by Crippen LogP contribution is -2.30. The summed E-state index contributed by atoms with van der Waals surface area (Å²) in [6.45, 7) is 4.03. The van der Waals surface area contributed by atoms with Crippen LogP contribution in [0.15, 0.2) is 36.5 Å². The molecule has 0 bridgehead atoms. The normalized spacial score (nSPS) is 12.6. The van der Waals surface area contributed by atoms with Crippen LogP contribution in [-0.2, 0) is 4.79 Å². The van der Waals surface area contributed by atoms with Crippen LogP contribution < -0.4 is 5.32 Å². The summed E-state index contributed by atoms with van der Waals surface area (Å²) >= 11 is 0. The summed E-state index contributed by atoms with van der Waals surface area (Å²) in [4.78, 5) is 15.6. The summed E-state index contributed by atoms with van der Waals surface area (Å²) < 4.78 is 0. The van der Waals surface area contributed by atoms with Gasteiger partial charge >= 0.3 is 5.97 Å². The maximum atomic E-state index is 11.3. The number of carboxylic acid groups (broad SMARTS) is 1. The third kappa shape index (κ3) is 3.22. The van der Waals surface area contributed by atoms with Crippen LogP contribution in [0.5, 0.6) is 0 Å². The van der Waals surface area contributed by atoms with Gasteiger partial charge in [0.15, 0.2) is 0 Å². The lowest BCUT2D eigenvalue weighted by Gasteiger charge is -2.18. The van der Waals surface area contributed by atoms with Crippen LogP contribution in [0.3, 0.4) is 0 Å². The minimum atomic E-state index is -0.824. The van der Waals surface area contributed by atoms with Gasteiger partial charge in [-0.25, -0.2) is 4.79 Å². The van der Waals surface area contributed by atoms with Gasteiger partial charge in [0.05, 0.1) is 5.52 Å². The van der Waals surface area contributed by atoms with Crippen LogP contribution in [0.1, 0.15) is 20.3 Å². The highest BCUT2D eigenvalue weighted by Crippen LogP contribution is 2.22. The fourth-order valence-electron chi connectivity index (χ4n) is 2.10. The van der Waals surface area contributed by atoms with Crippen molar-refractivity contribution in [2.45, 2.75) is 26.3 Å². The fourth-order valence-corrected chi connectivity index (χ4v) is 2.10. The summed E-state index contributed by atoms with van der Waals surface area (Å²) in [5.41, 5.74) is 1.68. The van der Waals surface area contributed by atoms with Gasteiger partial charge in [-0.1, -0.05) is 32.0 Å². The van der Waals surface area contributed by atoms with Crippen molar-refractivity contribution in [2.24, 2.45) is 5.92 Å². The molecule has 4 heteroatoms. The van der Waals surface area contributed by atoms with E-state index in [-0.39, 0.29) is 0 Å². The van der Waals surface area contributed by atoms with Crippen molar-refractivity contribution in [2.75, 3.05) is 5.32 Å². The van der Waals surface area contributed by atoms with Crippen molar-refractivity contribution < 1.29 is 9.90 Å². The van der Waals surface area contributed by atoms with E-state index in [1.165, 1.54) is 0 Å². The Morgan fingerprint density at radius 3 is 2.74 bits per heavy atom. The number of rotatable bonds is 5. The Balaban J connectivity index is 2.31. The van der Waals surface area contributed by atoms with Gasteiger partial charge in [-0.15, -0.1) is 0 Å². The summed E-state index contributed by atoms with van der Waals surface area (Å²) in [5.74, 6) is -0.503. The smallest absolute Gasteiger partial charge is 0.326 e.